The van der Waals surface area contributed by atoms with Gasteiger partial charge in [-0.2, -0.15) is 5.26 Å². The Morgan fingerprint density at radius 1 is 0.976 bits per heavy atom. The van der Waals surface area contributed by atoms with E-state index in [2.05, 4.69) is 26.7 Å². The maximum Gasteiger partial charge on any atom is 0.259 e. The third kappa shape index (κ3) is 5.90. The molecule has 0 saturated heterocycles. The number of ether oxygens (including phenoxy) is 1. The van der Waals surface area contributed by atoms with Crippen molar-refractivity contribution in [2.24, 2.45) is 5.92 Å². The summed E-state index contributed by atoms with van der Waals surface area (Å²) in [5, 5.41) is 15.6. The fourth-order valence-electron chi connectivity index (χ4n) is 4.16. The summed E-state index contributed by atoms with van der Waals surface area (Å²) in [4.78, 5) is 39.7. The number of hydrogen-bond acceptors (Lipinski definition) is 8. The van der Waals surface area contributed by atoms with E-state index in [1.165, 1.54) is 17.5 Å². The van der Waals surface area contributed by atoms with Crippen molar-refractivity contribution in [1.29, 1.82) is 5.26 Å². The number of carbonyl (C=O) groups excluding carboxylic acids is 2. The second-order valence-electron chi connectivity index (χ2n) is 9.61. The third-order valence-corrected chi connectivity index (χ3v) is 7.23. The summed E-state index contributed by atoms with van der Waals surface area (Å²) in [6.45, 7) is 5.52. The number of benzene rings is 2. The first-order chi connectivity index (χ1) is 19.7. The highest BCUT2D eigenvalue weighted by molar-refractivity contribution is 7.22. The minimum Gasteiger partial charge on any atom is -0.496 e. The van der Waals surface area contributed by atoms with Crippen LogP contribution in [0.2, 0.25) is 0 Å². The first-order valence-electron chi connectivity index (χ1n) is 12.8. The maximum atomic E-state index is 13.4. The van der Waals surface area contributed by atoms with Gasteiger partial charge in [0.15, 0.2) is 5.13 Å². The van der Waals surface area contributed by atoms with Gasteiger partial charge in [-0.05, 0) is 55.5 Å². The Bertz CT molecular complexity index is 1820. The lowest BCUT2D eigenvalue weighted by Crippen LogP contribution is -2.17. The smallest absolute Gasteiger partial charge is 0.259 e. The molecule has 5 aromatic rings. The van der Waals surface area contributed by atoms with Crippen LogP contribution in [0, 0.1) is 24.2 Å². The number of fused-ring (bicyclic) bond motifs is 1. The zero-order valence-corrected chi connectivity index (χ0v) is 23.7. The van der Waals surface area contributed by atoms with Crippen molar-refractivity contribution in [3.63, 3.8) is 0 Å². The molecule has 3 heterocycles. The van der Waals surface area contributed by atoms with E-state index in [4.69, 9.17) is 9.72 Å². The van der Waals surface area contributed by atoms with Crippen molar-refractivity contribution in [2.75, 3.05) is 17.7 Å². The van der Waals surface area contributed by atoms with Gasteiger partial charge in [0.05, 0.1) is 30.0 Å². The SMILES string of the molecule is COc1ccc(C#N)cc1-c1cc(C)ncc1C(=O)Nc1nc2ccc(-c3ccc(NC(=O)C(C)C)cc3)nc2s1. The summed E-state index contributed by atoms with van der Waals surface area (Å²) in [5.74, 6) is -0.00275. The van der Waals surface area contributed by atoms with Gasteiger partial charge in [0, 0.05) is 40.2 Å². The number of anilines is 2. The van der Waals surface area contributed by atoms with E-state index in [9.17, 15) is 14.9 Å². The molecule has 0 unspecified atom stereocenters. The summed E-state index contributed by atoms with van der Waals surface area (Å²) in [7, 11) is 1.54. The molecule has 0 saturated carbocycles. The van der Waals surface area contributed by atoms with Crippen molar-refractivity contribution in [1.82, 2.24) is 15.0 Å². The molecule has 0 aliphatic heterocycles. The van der Waals surface area contributed by atoms with E-state index in [1.807, 2.05) is 57.2 Å². The Kier molecular flexibility index (Phi) is 7.72. The Labute approximate surface area is 240 Å². The molecule has 0 aliphatic carbocycles. The van der Waals surface area contributed by atoms with Gasteiger partial charge in [0.25, 0.3) is 5.91 Å². The number of amides is 2. The average molecular weight is 563 g/mol. The van der Waals surface area contributed by atoms with Crippen LogP contribution in [-0.2, 0) is 4.79 Å². The molecule has 0 fully saturated rings. The van der Waals surface area contributed by atoms with Crippen molar-refractivity contribution >= 4 is 44.3 Å². The molecule has 2 N–H and O–H groups in total. The molecule has 204 valence electrons. The van der Waals surface area contributed by atoms with E-state index in [1.54, 1.807) is 31.4 Å². The molecule has 5 rings (SSSR count). The molecule has 0 aliphatic rings. The highest BCUT2D eigenvalue weighted by Crippen LogP contribution is 2.35. The summed E-state index contributed by atoms with van der Waals surface area (Å²) in [5.41, 5.74) is 5.71. The highest BCUT2D eigenvalue weighted by Gasteiger charge is 2.19. The minimum absolute atomic E-state index is 0.0418. The second-order valence-corrected chi connectivity index (χ2v) is 10.6. The van der Waals surface area contributed by atoms with Gasteiger partial charge in [0.1, 0.15) is 16.1 Å². The molecular weight excluding hydrogens is 536 g/mol. The van der Waals surface area contributed by atoms with Crippen molar-refractivity contribution in [3.05, 3.63) is 83.7 Å². The number of nitrogens with one attached hydrogen (secondary N) is 2. The number of nitrogens with zero attached hydrogens (tertiary/aromatic N) is 4. The molecule has 0 spiro atoms. The van der Waals surface area contributed by atoms with E-state index >= 15 is 0 Å². The lowest BCUT2D eigenvalue weighted by Gasteiger charge is -2.13. The maximum absolute atomic E-state index is 13.4. The molecule has 0 radical (unpaired) electrons. The summed E-state index contributed by atoms with van der Waals surface area (Å²) in [6, 6.07) is 20.2. The van der Waals surface area contributed by atoms with Crippen LogP contribution >= 0.6 is 11.3 Å². The largest absolute Gasteiger partial charge is 0.496 e. The molecular formula is C31H26N6O3S. The van der Waals surface area contributed by atoms with Gasteiger partial charge in [-0.25, -0.2) is 9.97 Å². The zero-order valence-electron chi connectivity index (χ0n) is 22.9. The number of aryl methyl sites for hydroxylation is 1. The van der Waals surface area contributed by atoms with Crippen molar-refractivity contribution in [3.8, 4) is 34.2 Å². The molecule has 10 heteroatoms. The van der Waals surface area contributed by atoms with Crippen LogP contribution in [0.25, 0.3) is 32.7 Å². The molecule has 2 amide bonds. The normalized spacial score (nSPS) is 10.8. The molecule has 2 aromatic carbocycles. The van der Waals surface area contributed by atoms with Crippen LogP contribution in [0.3, 0.4) is 0 Å². The number of aromatic nitrogens is 3. The number of rotatable bonds is 7. The summed E-state index contributed by atoms with van der Waals surface area (Å²) >= 11 is 1.26. The predicted octanol–water partition coefficient (Wildman–Crippen LogP) is 6.46. The minimum atomic E-state index is -0.393. The monoisotopic (exact) mass is 562 g/mol. The number of thiazole rings is 1. The first kappa shape index (κ1) is 27.4. The van der Waals surface area contributed by atoms with Crippen LogP contribution in [0.4, 0.5) is 10.8 Å². The van der Waals surface area contributed by atoms with Gasteiger partial charge < -0.3 is 10.1 Å². The quantitative estimate of drug-likeness (QED) is 0.233. The average Bonchev–Trinajstić information content (AvgIpc) is 3.38. The van der Waals surface area contributed by atoms with Gasteiger partial charge in [-0.3, -0.25) is 19.9 Å². The Morgan fingerprint density at radius 3 is 2.46 bits per heavy atom. The number of nitriles is 1. The van der Waals surface area contributed by atoms with Crippen LogP contribution in [-0.4, -0.2) is 33.9 Å². The first-order valence-corrected chi connectivity index (χ1v) is 13.6. The number of carbonyl (C=O) groups is 2. The number of methoxy groups -OCH3 is 1. The molecule has 0 bridgehead atoms. The van der Waals surface area contributed by atoms with E-state index < -0.39 is 5.91 Å². The lowest BCUT2D eigenvalue weighted by molar-refractivity contribution is -0.118. The van der Waals surface area contributed by atoms with Crippen LogP contribution in [0.15, 0.2) is 66.9 Å². The van der Waals surface area contributed by atoms with Gasteiger partial charge in [-0.1, -0.05) is 37.3 Å². The van der Waals surface area contributed by atoms with E-state index in [0.29, 0.717) is 49.2 Å². The van der Waals surface area contributed by atoms with Gasteiger partial charge in [-0.15, -0.1) is 0 Å². The summed E-state index contributed by atoms with van der Waals surface area (Å²) < 4.78 is 5.51. The predicted molar refractivity (Wildman–Crippen MR) is 160 cm³/mol. The molecule has 41 heavy (non-hydrogen) atoms. The number of pyridine rings is 2. The molecule has 9 nitrogen and oxygen atoms in total. The summed E-state index contributed by atoms with van der Waals surface area (Å²) in [6.07, 6.45) is 1.51. The molecule has 3 aromatic heterocycles. The lowest BCUT2D eigenvalue weighted by atomic mass is 9.97. The van der Waals surface area contributed by atoms with Crippen molar-refractivity contribution < 1.29 is 14.3 Å². The fraction of sp³-hybridized carbons (Fsp3) is 0.161. The zero-order chi connectivity index (χ0) is 29.1. The van der Waals surface area contributed by atoms with Gasteiger partial charge in [0.2, 0.25) is 5.91 Å². The van der Waals surface area contributed by atoms with Crippen molar-refractivity contribution in [2.45, 2.75) is 20.8 Å². The molecule has 0 atom stereocenters. The van der Waals surface area contributed by atoms with Crippen LogP contribution in [0.1, 0.15) is 35.5 Å². The third-order valence-electron chi connectivity index (χ3n) is 6.35. The van der Waals surface area contributed by atoms with Crippen LogP contribution in [0.5, 0.6) is 5.75 Å². The van der Waals surface area contributed by atoms with Crippen LogP contribution < -0.4 is 15.4 Å². The Morgan fingerprint density at radius 2 is 1.76 bits per heavy atom. The highest BCUT2D eigenvalue weighted by atomic mass is 32.1. The van der Waals surface area contributed by atoms with Gasteiger partial charge >= 0.3 is 0 Å². The standard InChI is InChI=1S/C31H26N6O3S/c1-17(2)28(38)34-21-8-6-20(7-9-21)25-10-11-26-30(35-25)41-31(36-26)37-29(39)24-16-33-18(3)13-22(24)23-14-19(15-32)5-12-27(23)40-4/h5-14,16-17H,1-4H3,(H,34,38)(H,36,37,39). The Balaban J connectivity index is 1.41. The topological polar surface area (TPSA) is 130 Å². The van der Waals surface area contributed by atoms with E-state index in [0.717, 1.165) is 16.9 Å². The Hall–Kier alpha value is -5.14. The van der Waals surface area contributed by atoms with E-state index in [-0.39, 0.29) is 11.8 Å². The second kappa shape index (κ2) is 11.5. The fourth-order valence-corrected chi connectivity index (χ4v) is 4.99. The number of hydrogen-bond donors (Lipinski definition) is 2.